The first-order valence-corrected chi connectivity index (χ1v) is 4.48. The molecule has 0 bridgehead atoms. The van der Waals surface area contributed by atoms with Gasteiger partial charge in [-0.1, -0.05) is 29.8 Å². The first kappa shape index (κ1) is 7.81. The summed E-state index contributed by atoms with van der Waals surface area (Å²) in [5.41, 5.74) is 2.69. The summed E-state index contributed by atoms with van der Waals surface area (Å²) in [7, 11) is 0. The molecule has 0 spiro atoms. The van der Waals surface area contributed by atoms with E-state index in [4.69, 9.17) is 5.11 Å². The summed E-state index contributed by atoms with van der Waals surface area (Å²) in [6.07, 6.45) is 1.17. The quantitative estimate of drug-likeness (QED) is 0.706. The number of rotatable bonds is 2. The Morgan fingerprint density at radius 3 is 2.50 bits per heavy atom. The van der Waals surface area contributed by atoms with Gasteiger partial charge < -0.3 is 5.11 Å². The molecular formula is C11H14O. The fourth-order valence-corrected chi connectivity index (χ4v) is 1.67. The van der Waals surface area contributed by atoms with Crippen molar-refractivity contribution in [2.24, 2.45) is 5.92 Å². The van der Waals surface area contributed by atoms with Gasteiger partial charge >= 0.3 is 0 Å². The van der Waals surface area contributed by atoms with Gasteiger partial charge in [-0.05, 0) is 30.7 Å². The van der Waals surface area contributed by atoms with Crippen molar-refractivity contribution in [3.05, 3.63) is 35.4 Å². The highest BCUT2D eigenvalue weighted by atomic mass is 16.3. The molecule has 1 N–H and O–H groups in total. The van der Waals surface area contributed by atoms with Crippen molar-refractivity contribution in [1.82, 2.24) is 0 Å². The fourth-order valence-electron chi connectivity index (χ4n) is 1.67. The third kappa shape index (κ3) is 1.37. The van der Waals surface area contributed by atoms with Gasteiger partial charge in [0.1, 0.15) is 0 Å². The van der Waals surface area contributed by atoms with Gasteiger partial charge in [0.2, 0.25) is 0 Å². The number of aliphatic hydroxyl groups excluding tert-OH is 1. The lowest BCUT2D eigenvalue weighted by atomic mass is 10.1. The Morgan fingerprint density at radius 2 is 2.00 bits per heavy atom. The average molecular weight is 162 g/mol. The Hall–Kier alpha value is -0.820. The smallest absolute Gasteiger partial charge is 0.0465 e. The van der Waals surface area contributed by atoms with Crippen LogP contribution in [0.1, 0.15) is 23.5 Å². The van der Waals surface area contributed by atoms with Crippen LogP contribution in [0.15, 0.2) is 24.3 Å². The standard InChI is InChI=1S/C11H14O/c1-8-2-4-9(5-3-8)11-6-10(11)7-12/h2-5,10-12H,6-7H2,1H3/t10-,11-/m0/s1. The van der Waals surface area contributed by atoms with Gasteiger partial charge in [0.15, 0.2) is 0 Å². The molecule has 0 aromatic heterocycles. The van der Waals surface area contributed by atoms with Crippen LogP contribution in [0, 0.1) is 12.8 Å². The van der Waals surface area contributed by atoms with E-state index in [1.54, 1.807) is 0 Å². The van der Waals surface area contributed by atoms with Crippen LogP contribution in [0.5, 0.6) is 0 Å². The summed E-state index contributed by atoms with van der Waals surface area (Å²) in [5, 5.41) is 8.89. The lowest BCUT2D eigenvalue weighted by molar-refractivity contribution is 0.274. The van der Waals surface area contributed by atoms with Crippen molar-refractivity contribution in [3.8, 4) is 0 Å². The van der Waals surface area contributed by atoms with Gasteiger partial charge in [-0.25, -0.2) is 0 Å². The zero-order valence-electron chi connectivity index (χ0n) is 7.33. The molecule has 1 heteroatoms. The van der Waals surface area contributed by atoms with Crippen LogP contribution in [0.2, 0.25) is 0 Å². The highest BCUT2D eigenvalue weighted by molar-refractivity contribution is 5.28. The maximum atomic E-state index is 8.89. The molecule has 0 unspecified atom stereocenters. The molecule has 1 saturated carbocycles. The van der Waals surface area contributed by atoms with Gasteiger partial charge in [-0.2, -0.15) is 0 Å². The Morgan fingerprint density at radius 1 is 1.33 bits per heavy atom. The number of aliphatic hydroxyl groups is 1. The van der Waals surface area contributed by atoms with Crippen LogP contribution in [-0.2, 0) is 0 Å². The molecule has 1 fully saturated rings. The summed E-state index contributed by atoms with van der Waals surface area (Å²) in [5.74, 6) is 1.17. The van der Waals surface area contributed by atoms with Gasteiger partial charge in [0, 0.05) is 6.61 Å². The molecule has 12 heavy (non-hydrogen) atoms. The van der Waals surface area contributed by atoms with Crippen LogP contribution >= 0.6 is 0 Å². The minimum Gasteiger partial charge on any atom is -0.396 e. The van der Waals surface area contributed by atoms with E-state index in [-0.39, 0.29) is 0 Å². The molecule has 64 valence electrons. The fraction of sp³-hybridized carbons (Fsp3) is 0.455. The van der Waals surface area contributed by atoms with Crippen LogP contribution in [0.4, 0.5) is 0 Å². The number of benzene rings is 1. The maximum absolute atomic E-state index is 8.89. The van der Waals surface area contributed by atoms with Gasteiger partial charge in [-0.15, -0.1) is 0 Å². The number of hydrogen-bond donors (Lipinski definition) is 1. The van der Waals surface area contributed by atoms with Gasteiger partial charge in [-0.3, -0.25) is 0 Å². The van der Waals surface area contributed by atoms with E-state index in [9.17, 15) is 0 Å². The van der Waals surface area contributed by atoms with Crippen molar-refractivity contribution >= 4 is 0 Å². The first-order chi connectivity index (χ1) is 5.81. The molecule has 0 heterocycles. The van der Waals surface area contributed by atoms with Crippen molar-refractivity contribution in [2.45, 2.75) is 19.3 Å². The van der Waals surface area contributed by atoms with Crippen molar-refractivity contribution in [2.75, 3.05) is 6.61 Å². The summed E-state index contributed by atoms with van der Waals surface area (Å²) >= 11 is 0. The van der Waals surface area contributed by atoms with E-state index in [1.807, 2.05) is 0 Å². The van der Waals surface area contributed by atoms with E-state index in [0.29, 0.717) is 18.4 Å². The molecule has 0 radical (unpaired) electrons. The highest BCUT2D eigenvalue weighted by Gasteiger charge is 2.37. The predicted molar refractivity (Wildman–Crippen MR) is 49.1 cm³/mol. The number of hydrogen-bond acceptors (Lipinski definition) is 1. The van der Waals surface area contributed by atoms with E-state index >= 15 is 0 Å². The van der Waals surface area contributed by atoms with E-state index < -0.39 is 0 Å². The van der Waals surface area contributed by atoms with Crippen molar-refractivity contribution < 1.29 is 5.11 Å². The molecular weight excluding hydrogens is 148 g/mol. The van der Waals surface area contributed by atoms with Gasteiger partial charge in [0.25, 0.3) is 0 Å². The molecule has 0 amide bonds. The second-order valence-corrected chi connectivity index (χ2v) is 3.70. The third-order valence-electron chi connectivity index (χ3n) is 2.66. The molecule has 0 saturated heterocycles. The Labute approximate surface area is 73.0 Å². The Bertz CT molecular complexity index is 263. The minimum atomic E-state index is 0.346. The summed E-state index contributed by atoms with van der Waals surface area (Å²) in [6, 6.07) is 8.63. The van der Waals surface area contributed by atoms with E-state index in [2.05, 4.69) is 31.2 Å². The molecule has 1 aliphatic carbocycles. The average Bonchev–Trinajstić information content (AvgIpc) is 2.85. The zero-order chi connectivity index (χ0) is 8.55. The minimum absolute atomic E-state index is 0.346. The second kappa shape index (κ2) is 2.91. The topological polar surface area (TPSA) is 20.2 Å². The Kier molecular flexibility index (Phi) is 1.89. The van der Waals surface area contributed by atoms with Crippen LogP contribution < -0.4 is 0 Å². The molecule has 2 atom stereocenters. The van der Waals surface area contributed by atoms with E-state index in [1.165, 1.54) is 17.5 Å². The van der Waals surface area contributed by atoms with Crippen LogP contribution in [0.3, 0.4) is 0 Å². The summed E-state index contributed by atoms with van der Waals surface area (Å²) < 4.78 is 0. The SMILES string of the molecule is Cc1ccc([C@@H]2C[C@H]2CO)cc1. The zero-order valence-corrected chi connectivity index (χ0v) is 7.33. The lowest BCUT2D eigenvalue weighted by Gasteiger charge is -1.98. The van der Waals surface area contributed by atoms with Gasteiger partial charge in [0.05, 0.1) is 0 Å². The Balaban J connectivity index is 2.10. The molecule has 0 aliphatic heterocycles. The predicted octanol–water partition coefficient (Wildman–Crippen LogP) is 2.09. The van der Waals surface area contributed by atoms with E-state index in [0.717, 1.165) is 0 Å². The van der Waals surface area contributed by atoms with Crippen LogP contribution in [0.25, 0.3) is 0 Å². The molecule has 2 rings (SSSR count). The molecule has 1 nitrogen and oxygen atoms in total. The largest absolute Gasteiger partial charge is 0.396 e. The van der Waals surface area contributed by atoms with Crippen molar-refractivity contribution in [1.29, 1.82) is 0 Å². The summed E-state index contributed by atoms with van der Waals surface area (Å²) in [4.78, 5) is 0. The highest BCUT2D eigenvalue weighted by Crippen LogP contribution is 2.46. The maximum Gasteiger partial charge on any atom is 0.0465 e. The first-order valence-electron chi connectivity index (χ1n) is 4.48. The molecule has 1 aliphatic rings. The molecule has 1 aromatic rings. The lowest BCUT2D eigenvalue weighted by Crippen LogP contribution is -1.88. The monoisotopic (exact) mass is 162 g/mol. The summed E-state index contributed by atoms with van der Waals surface area (Å²) in [6.45, 7) is 2.44. The van der Waals surface area contributed by atoms with Crippen LogP contribution in [-0.4, -0.2) is 11.7 Å². The normalized spacial score (nSPS) is 27.2. The van der Waals surface area contributed by atoms with Crippen molar-refractivity contribution in [3.63, 3.8) is 0 Å². The molecule has 1 aromatic carbocycles. The second-order valence-electron chi connectivity index (χ2n) is 3.70. The number of aryl methyl sites for hydroxylation is 1. The third-order valence-corrected chi connectivity index (χ3v) is 2.66.